The molecule has 1 rings (SSSR count). The lowest BCUT2D eigenvalue weighted by Gasteiger charge is -2.25. The summed E-state index contributed by atoms with van der Waals surface area (Å²) in [5.41, 5.74) is 8.64. The minimum absolute atomic E-state index is 0.0678. The van der Waals surface area contributed by atoms with Gasteiger partial charge in [-0.15, -0.1) is 0 Å². The van der Waals surface area contributed by atoms with Crippen molar-refractivity contribution in [2.45, 2.75) is 53.1 Å². The molecule has 0 aliphatic carbocycles. The van der Waals surface area contributed by atoms with Crippen LogP contribution in [0.4, 0.5) is 0 Å². The third kappa shape index (κ3) is 5.74. The van der Waals surface area contributed by atoms with E-state index >= 15 is 0 Å². The summed E-state index contributed by atoms with van der Waals surface area (Å²) >= 11 is 0. The Kier molecular flexibility index (Phi) is 5.75. The fourth-order valence-electron chi connectivity index (χ4n) is 2.37. The molecule has 0 aliphatic heterocycles. The maximum absolute atomic E-state index is 12.2. The highest BCUT2D eigenvalue weighted by Crippen LogP contribution is 2.21. The maximum Gasteiger partial charge on any atom is 0.224 e. The largest absolute Gasteiger partial charge is 0.341 e. The standard InChI is InChI=1S/C17H28N2O/c1-13-8-6-7-9-14(13)12-19(5)16(20)10-15(18)11-17(2,3)4/h6-9,15H,10-12,18H2,1-5H3. The summed E-state index contributed by atoms with van der Waals surface area (Å²) in [6.07, 6.45) is 1.27. The van der Waals surface area contributed by atoms with Crippen molar-refractivity contribution in [2.24, 2.45) is 11.1 Å². The van der Waals surface area contributed by atoms with Gasteiger partial charge in [0.25, 0.3) is 0 Å². The molecule has 1 aromatic rings. The SMILES string of the molecule is Cc1ccccc1CN(C)C(=O)CC(N)CC(C)(C)C. The Morgan fingerprint density at radius 3 is 2.45 bits per heavy atom. The number of hydrogen-bond acceptors (Lipinski definition) is 2. The van der Waals surface area contributed by atoms with Crippen LogP contribution in [-0.4, -0.2) is 23.9 Å². The highest BCUT2D eigenvalue weighted by Gasteiger charge is 2.20. The normalized spacial score (nSPS) is 13.1. The van der Waals surface area contributed by atoms with Crippen molar-refractivity contribution in [1.29, 1.82) is 0 Å². The van der Waals surface area contributed by atoms with E-state index in [0.717, 1.165) is 6.42 Å². The van der Waals surface area contributed by atoms with Crippen LogP contribution in [0.15, 0.2) is 24.3 Å². The lowest BCUT2D eigenvalue weighted by atomic mass is 9.87. The molecule has 0 aliphatic rings. The van der Waals surface area contributed by atoms with E-state index in [1.807, 2.05) is 19.2 Å². The molecule has 112 valence electrons. The van der Waals surface area contributed by atoms with E-state index in [1.165, 1.54) is 11.1 Å². The molecule has 0 saturated heterocycles. The van der Waals surface area contributed by atoms with Crippen molar-refractivity contribution >= 4 is 5.91 Å². The van der Waals surface area contributed by atoms with E-state index in [9.17, 15) is 4.79 Å². The third-order valence-corrected chi connectivity index (χ3v) is 3.41. The zero-order valence-electron chi connectivity index (χ0n) is 13.4. The predicted molar refractivity (Wildman–Crippen MR) is 84.3 cm³/mol. The number of carbonyl (C=O) groups is 1. The summed E-state index contributed by atoms with van der Waals surface area (Å²) in [5.74, 6) is 0.116. The summed E-state index contributed by atoms with van der Waals surface area (Å²) in [5, 5.41) is 0. The molecule has 0 spiro atoms. The quantitative estimate of drug-likeness (QED) is 0.898. The predicted octanol–water partition coefficient (Wildman–Crippen LogP) is 3.11. The molecule has 1 amide bonds. The van der Waals surface area contributed by atoms with E-state index in [0.29, 0.717) is 13.0 Å². The van der Waals surface area contributed by atoms with Crippen molar-refractivity contribution in [1.82, 2.24) is 4.90 Å². The summed E-state index contributed by atoms with van der Waals surface area (Å²) in [6, 6.07) is 8.08. The van der Waals surface area contributed by atoms with Crippen molar-refractivity contribution in [3.05, 3.63) is 35.4 Å². The van der Waals surface area contributed by atoms with Gasteiger partial charge >= 0.3 is 0 Å². The molecular weight excluding hydrogens is 248 g/mol. The van der Waals surface area contributed by atoms with Crippen LogP contribution in [0.1, 0.15) is 44.7 Å². The molecule has 3 nitrogen and oxygen atoms in total. The molecule has 2 N–H and O–H groups in total. The smallest absolute Gasteiger partial charge is 0.224 e. The average Bonchev–Trinajstić information content (AvgIpc) is 2.29. The minimum atomic E-state index is -0.0678. The molecule has 0 aromatic heterocycles. The molecule has 0 radical (unpaired) electrons. The summed E-state index contributed by atoms with van der Waals surface area (Å²) < 4.78 is 0. The molecule has 1 aromatic carbocycles. The molecule has 0 bridgehead atoms. The van der Waals surface area contributed by atoms with Crippen LogP contribution in [0.3, 0.4) is 0 Å². The van der Waals surface area contributed by atoms with Crippen molar-refractivity contribution in [3.63, 3.8) is 0 Å². The van der Waals surface area contributed by atoms with Gasteiger partial charge in [-0.3, -0.25) is 4.79 Å². The van der Waals surface area contributed by atoms with Gasteiger partial charge in [0.1, 0.15) is 0 Å². The maximum atomic E-state index is 12.2. The average molecular weight is 276 g/mol. The lowest BCUT2D eigenvalue weighted by Crippen LogP contribution is -2.35. The van der Waals surface area contributed by atoms with Crippen LogP contribution in [0.2, 0.25) is 0 Å². The van der Waals surface area contributed by atoms with Crippen LogP contribution >= 0.6 is 0 Å². The zero-order valence-corrected chi connectivity index (χ0v) is 13.4. The molecule has 3 heteroatoms. The number of rotatable bonds is 5. The Bertz CT molecular complexity index is 449. The lowest BCUT2D eigenvalue weighted by molar-refractivity contribution is -0.130. The molecule has 1 unspecified atom stereocenters. The van der Waals surface area contributed by atoms with Crippen molar-refractivity contribution in [2.75, 3.05) is 7.05 Å². The second-order valence-corrected chi connectivity index (χ2v) is 6.91. The Morgan fingerprint density at radius 1 is 1.30 bits per heavy atom. The van der Waals surface area contributed by atoms with Crippen LogP contribution in [0, 0.1) is 12.3 Å². The zero-order chi connectivity index (χ0) is 15.3. The highest BCUT2D eigenvalue weighted by molar-refractivity contribution is 5.76. The van der Waals surface area contributed by atoms with Gasteiger partial charge < -0.3 is 10.6 Å². The summed E-state index contributed by atoms with van der Waals surface area (Å²) in [6.45, 7) is 9.16. The Labute approximate surface area is 123 Å². The number of benzene rings is 1. The van der Waals surface area contributed by atoms with Gasteiger partial charge in [-0.1, -0.05) is 45.0 Å². The van der Waals surface area contributed by atoms with Crippen molar-refractivity contribution < 1.29 is 4.79 Å². The Hall–Kier alpha value is -1.35. The molecular formula is C17H28N2O. The second-order valence-electron chi connectivity index (χ2n) is 6.91. The van der Waals surface area contributed by atoms with Crippen LogP contribution in [-0.2, 0) is 11.3 Å². The van der Waals surface area contributed by atoms with Gasteiger partial charge in [-0.05, 0) is 29.9 Å². The van der Waals surface area contributed by atoms with Crippen LogP contribution in [0.25, 0.3) is 0 Å². The van der Waals surface area contributed by atoms with E-state index in [-0.39, 0.29) is 17.4 Å². The molecule has 1 atom stereocenters. The Balaban J connectivity index is 2.53. The van der Waals surface area contributed by atoms with E-state index in [2.05, 4.69) is 39.8 Å². The van der Waals surface area contributed by atoms with Crippen LogP contribution in [0.5, 0.6) is 0 Å². The number of nitrogens with two attached hydrogens (primary N) is 1. The molecule has 0 saturated carbocycles. The fraction of sp³-hybridized carbons (Fsp3) is 0.588. The van der Waals surface area contributed by atoms with E-state index in [4.69, 9.17) is 5.73 Å². The number of nitrogens with zero attached hydrogens (tertiary/aromatic N) is 1. The van der Waals surface area contributed by atoms with Gasteiger partial charge in [0.2, 0.25) is 5.91 Å². The van der Waals surface area contributed by atoms with Gasteiger partial charge in [-0.2, -0.15) is 0 Å². The number of aryl methyl sites for hydroxylation is 1. The van der Waals surface area contributed by atoms with Gasteiger partial charge in [0, 0.05) is 26.1 Å². The Morgan fingerprint density at radius 2 is 1.90 bits per heavy atom. The number of hydrogen-bond donors (Lipinski definition) is 1. The minimum Gasteiger partial charge on any atom is -0.341 e. The van der Waals surface area contributed by atoms with Gasteiger partial charge in [0.05, 0.1) is 0 Å². The van der Waals surface area contributed by atoms with E-state index < -0.39 is 0 Å². The topological polar surface area (TPSA) is 46.3 Å². The first-order valence-electron chi connectivity index (χ1n) is 7.23. The number of amides is 1. The van der Waals surface area contributed by atoms with Gasteiger partial charge in [0.15, 0.2) is 0 Å². The van der Waals surface area contributed by atoms with Crippen molar-refractivity contribution in [3.8, 4) is 0 Å². The fourth-order valence-corrected chi connectivity index (χ4v) is 2.37. The van der Waals surface area contributed by atoms with Crippen LogP contribution < -0.4 is 5.73 Å². The molecule has 0 heterocycles. The third-order valence-electron chi connectivity index (χ3n) is 3.41. The number of carbonyl (C=O) groups excluding carboxylic acids is 1. The summed E-state index contributed by atoms with van der Waals surface area (Å²) in [7, 11) is 1.85. The van der Waals surface area contributed by atoms with Gasteiger partial charge in [-0.25, -0.2) is 0 Å². The first-order chi connectivity index (χ1) is 9.19. The highest BCUT2D eigenvalue weighted by atomic mass is 16.2. The first-order valence-corrected chi connectivity index (χ1v) is 7.23. The molecule has 0 fully saturated rings. The summed E-state index contributed by atoms with van der Waals surface area (Å²) in [4.78, 5) is 14.0. The molecule has 20 heavy (non-hydrogen) atoms. The monoisotopic (exact) mass is 276 g/mol. The van der Waals surface area contributed by atoms with E-state index in [1.54, 1.807) is 4.90 Å². The first kappa shape index (κ1) is 16.7. The second kappa shape index (κ2) is 6.89.